The van der Waals surface area contributed by atoms with Gasteiger partial charge in [0.05, 0.1) is 0 Å². The molecular weight excluding hydrogens is 260 g/mol. The Balaban J connectivity index is 3.03. The molecule has 0 fully saturated rings. The van der Waals surface area contributed by atoms with Crippen LogP contribution in [0.2, 0.25) is 10.0 Å². The van der Waals surface area contributed by atoms with E-state index in [-0.39, 0.29) is 13.0 Å². The van der Waals surface area contributed by atoms with E-state index in [2.05, 4.69) is 0 Å². The summed E-state index contributed by atoms with van der Waals surface area (Å²) in [6, 6.07) is 5.08. The van der Waals surface area contributed by atoms with Crippen LogP contribution in [0.3, 0.4) is 0 Å². The fourth-order valence-electron chi connectivity index (χ4n) is 1.61. The lowest BCUT2D eigenvalue weighted by Crippen LogP contribution is -2.47. The van der Waals surface area contributed by atoms with Crippen LogP contribution in [0, 0.1) is 5.41 Å². The third kappa shape index (κ3) is 3.34. The Kier molecular flexibility index (Phi) is 4.45. The lowest BCUT2D eigenvalue weighted by Gasteiger charge is -2.37. The summed E-state index contributed by atoms with van der Waals surface area (Å²) in [6.07, 6.45) is 0.197. The molecule has 0 spiro atoms. The average molecular weight is 278 g/mol. The second-order valence-electron chi connectivity index (χ2n) is 5.33. The Morgan fingerprint density at radius 3 is 2.24 bits per heavy atom. The van der Waals surface area contributed by atoms with Crippen molar-refractivity contribution in [2.75, 3.05) is 6.54 Å². The zero-order chi connectivity index (χ0) is 13.3. The maximum atomic E-state index is 14.8. The van der Waals surface area contributed by atoms with Crippen LogP contribution in [-0.2, 0) is 6.42 Å². The summed E-state index contributed by atoms with van der Waals surface area (Å²) in [4.78, 5) is 0. The number of halogens is 3. The third-order valence-corrected chi connectivity index (χ3v) is 3.74. The molecule has 0 aromatic heterocycles. The molecule has 0 amide bonds. The van der Waals surface area contributed by atoms with Gasteiger partial charge in [-0.1, -0.05) is 50.0 Å². The second-order valence-corrected chi connectivity index (χ2v) is 6.18. The molecule has 1 unspecified atom stereocenters. The number of rotatable bonds is 3. The fraction of sp³-hybridized carbons (Fsp3) is 0.538. The summed E-state index contributed by atoms with van der Waals surface area (Å²) < 4.78 is 14.8. The zero-order valence-corrected chi connectivity index (χ0v) is 11.9. The second kappa shape index (κ2) is 5.13. The van der Waals surface area contributed by atoms with Crippen molar-refractivity contribution in [1.29, 1.82) is 0 Å². The molecule has 0 saturated heterocycles. The van der Waals surface area contributed by atoms with E-state index in [1.54, 1.807) is 18.2 Å². The SMILES string of the molecule is CC(C)(C)C(F)(CN)Cc1ccc(Cl)cc1Cl. The van der Waals surface area contributed by atoms with Gasteiger partial charge >= 0.3 is 0 Å². The minimum atomic E-state index is -1.48. The van der Waals surface area contributed by atoms with E-state index in [1.165, 1.54) is 0 Å². The quantitative estimate of drug-likeness (QED) is 0.878. The average Bonchev–Trinajstić information content (AvgIpc) is 2.20. The summed E-state index contributed by atoms with van der Waals surface area (Å²) in [5.41, 5.74) is 4.29. The standard InChI is InChI=1S/C13H18Cl2FN/c1-12(2,3)13(16,8-17)7-9-4-5-10(14)6-11(9)15/h4-6H,7-8,17H2,1-3H3. The van der Waals surface area contributed by atoms with Crippen molar-refractivity contribution in [2.24, 2.45) is 11.1 Å². The molecule has 1 atom stereocenters. The molecule has 2 N–H and O–H groups in total. The van der Waals surface area contributed by atoms with Crippen molar-refractivity contribution in [1.82, 2.24) is 0 Å². The first-order valence-corrected chi connectivity index (χ1v) is 6.28. The van der Waals surface area contributed by atoms with Crippen LogP contribution in [0.5, 0.6) is 0 Å². The van der Waals surface area contributed by atoms with E-state index in [9.17, 15) is 4.39 Å². The Hall–Kier alpha value is -0.310. The van der Waals surface area contributed by atoms with Gasteiger partial charge in [-0.25, -0.2) is 4.39 Å². The van der Waals surface area contributed by atoms with Gasteiger partial charge in [0.1, 0.15) is 5.67 Å². The zero-order valence-electron chi connectivity index (χ0n) is 10.4. The lowest BCUT2D eigenvalue weighted by atomic mass is 9.74. The summed E-state index contributed by atoms with van der Waals surface area (Å²) in [7, 11) is 0. The summed E-state index contributed by atoms with van der Waals surface area (Å²) in [5.74, 6) is 0. The highest BCUT2D eigenvalue weighted by Gasteiger charge is 2.41. The molecule has 0 aliphatic rings. The van der Waals surface area contributed by atoms with Crippen LogP contribution in [0.1, 0.15) is 26.3 Å². The molecule has 0 bridgehead atoms. The largest absolute Gasteiger partial charge is 0.327 e. The highest BCUT2D eigenvalue weighted by molar-refractivity contribution is 6.35. The smallest absolute Gasteiger partial charge is 0.132 e. The maximum absolute atomic E-state index is 14.8. The van der Waals surface area contributed by atoms with E-state index in [0.29, 0.717) is 10.0 Å². The monoisotopic (exact) mass is 277 g/mol. The van der Waals surface area contributed by atoms with Crippen LogP contribution >= 0.6 is 23.2 Å². The Labute approximate surface area is 112 Å². The molecule has 4 heteroatoms. The van der Waals surface area contributed by atoms with Gasteiger partial charge in [-0.05, 0) is 23.1 Å². The molecule has 0 aliphatic carbocycles. The number of alkyl halides is 1. The molecule has 17 heavy (non-hydrogen) atoms. The van der Waals surface area contributed by atoms with Gasteiger partial charge in [0.2, 0.25) is 0 Å². The van der Waals surface area contributed by atoms with Crippen molar-refractivity contribution in [3.05, 3.63) is 33.8 Å². The first-order chi connectivity index (χ1) is 7.69. The van der Waals surface area contributed by atoms with E-state index >= 15 is 0 Å². The number of hydrogen-bond acceptors (Lipinski definition) is 1. The Morgan fingerprint density at radius 2 is 1.82 bits per heavy atom. The molecule has 0 heterocycles. The van der Waals surface area contributed by atoms with Gasteiger partial charge < -0.3 is 5.73 Å². The molecular formula is C13H18Cl2FN. The van der Waals surface area contributed by atoms with E-state index in [4.69, 9.17) is 28.9 Å². The molecule has 96 valence electrons. The van der Waals surface area contributed by atoms with Gasteiger partial charge in [-0.15, -0.1) is 0 Å². The summed E-state index contributed by atoms with van der Waals surface area (Å²) >= 11 is 11.9. The van der Waals surface area contributed by atoms with Crippen molar-refractivity contribution < 1.29 is 4.39 Å². The predicted octanol–water partition coefficient (Wildman–Crippen LogP) is 4.25. The maximum Gasteiger partial charge on any atom is 0.132 e. The van der Waals surface area contributed by atoms with Gasteiger partial charge in [-0.3, -0.25) is 0 Å². The lowest BCUT2D eigenvalue weighted by molar-refractivity contribution is 0.0382. The summed E-state index contributed by atoms with van der Waals surface area (Å²) in [6.45, 7) is 5.48. The highest BCUT2D eigenvalue weighted by atomic mass is 35.5. The van der Waals surface area contributed by atoms with Crippen LogP contribution in [0.15, 0.2) is 18.2 Å². The van der Waals surface area contributed by atoms with Crippen LogP contribution in [-0.4, -0.2) is 12.2 Å². The Morgan fingerprint density at radius 1 is 1.24 bits per heavy atom. The van der Waals surface area contributed by atoms with Crippen molar-refractivity contribution in [3.8, 4) is 0 Å². The molecule has 1 nitrogen and oxygen atoms in total. The predicted molar refractivity (Wildman–Crippen MR) is 72.5 cm³/mol. The number of hydrogen-bond donors (Lipinski definition) is 1. The highest BCUT2D eigenvalue weighted by Crippen LogP contribution is 2.38. The van der Waals surface area contributed by atoms with Crippen LogP contribution < -0.4 is 5.73 Å². The van der Waals surface area contributed by atoms with Gasteiger partial charge in [-0.2, -0.15) is 0 Å². The molecule has 0 radical (unpaired) electrons. The number of nitrogens with two attached hydrogens (primary N) is 1. The molecule has 1 rings (SSSR count). The molecule has 1 aromatic carbocycles. The normalized spacial score (nSPS) is 15.7. The minimum absolute atomic E-state index is 0.0323. The van der Waals surface area contributed by atoms with Gasteiger partial charge in [0.15, 0.2) is 0 Å². The van der Waals surface area contributed by atoms with Gasteiger partial charge in [0, 0.05) is 23.0 Å². The number of benzene rings is 1. The topological polar surface area (TPSA) is 26.0 Å². The van der Waals surface area contributed by atoms with Crippen LogP contribution in [0.25, 0.3) is 0 Å². The van der Waals surface area contributed by atoms with Crippen molar-refractivity contribution in [3.63, 3.8) is 0 Å². The van der Waals surface area contributed by atoms with Crippen molar-refractivity contribution in [2.45, 2.75) is 32.9 Å². The molecule has 0 saturated carbocycles. The fourth-order valence-corrected chi connectivity index (χ4v) is 2.09. The molecule has 1 aromatic rings. The van der Waals surface area contributed by atoms with E-state index < -0.39 is 11.1 Å². The Bertz CT molecular complexity index is 401. The van der Waals surface area contributed by atoms with Crippen molar-refractivity contribution >= 4 is 23.2 Å². The first-order valence-electron chi connectivity index (χ1n) is 5.52. The van der Waals surface area contributed by atoms with Crippen LogP contribution in [0.4, 0.5) is 4.39 Å². The third-order valence-electron chi connectivity index (χ3n) is 3.15. The van der Waals surface area contributed by atoms with E-state index in [1.807, 2.05) is 20.8 Å². The summed E-state index contributed by atoms with van der Waals surface area (Å²) in [5, 5.41) is 1.03. The minimum Gasteiger partial charge on any atom is -0.327 e. The van der Waals surface area contributed by atoms with E-state index in [0.717, 1.165) is 5.56 Å². The molecule has 0 aliphatic heterocycles. The first kappa shape index (κ1) is 14.7. The van der Waals surface area contributed by atoms with Gasteiger partial charge in [0.25, 0.3) is 0 Å².